The lowest BCUT2D eigenvalue weighted by Gasteiger charge is -2.27. The summed E-state index contributed by atoms with van der Waals surface area (Å²) in [7, 11) is 3.95. The fourth-order valence-corrected chi connectivity index (χ4v) is 2.12. The zero-order valence-electron chi connectivity index (χ0n) is 10.6. The number of amides is 1. The summed E-state index contributed by atoms with van der Waals surface area (Å²) in [5.41, 5.74) is 1.72. The van der Waals surface area contributed by atoms with Crippen LogP contribution >= 0.6 is 0 Å². The van der Waals surface area contributed by atoms with Crippen molar-refractivity contribution in [3.8, 4) is 0 Å². The topological polar surface area (TPSA) is 23.6 Å². The van der Waals surface area contributed by atoms with Gasteiger partial charge in [0.15, 0.2) is 0 Å². The minimum absolute atomic E-state index is 0.119. The molecule has 3 nitrogen and oxygen atoms in total. The highest BCUT2D eigenvalue weighted by Crippen LogP contribution is 2.17. The molecule has 0 N–H and O–H groups in total. The van der Waals surface area contributed by atoms with Gasteiger partial charge in [-0.1, -0.05) is 6.07 Å². The first-order chi connectivity index (χ1) is 8.18. The number of likely N-dealkylation sites (tertiary alicyclic amines) is 1. The summed E-state index contributed by atoms with van der Waals surface area (Å²) < 4.78 is 0. The lowest BCUT2D eigenvalue weighted by atomic mass is 10.1. The summed E-state index contributed by atoms with van der Waals surface area (Å²) in [6.45, 7) is 1.78. The number of rotatable bonds is 2. The molecule has 1 aliphatic rings. The van der Waals surface area contributed by atoms with E-state index in [1.807, 2.05) is 42.1 Å². The smallest absolute Gasteiger partial charge is 0.254 e. The Morgan fingerprint density at radius 2 is 2.00 bits per heavy atom. The van der Waals surface area contributed by atoms with Crippen molar-refractivity contribution in [1.29, 1.82) is 0 Å². The number of carbonyl (C=O) groups is 1. The van der Waals surface area contributed by atoms with E-state index in [2.05, 4.69) is 6.07 Å². The van der Waals surface area contributed by atoms with Crippen LogP contribution in [0.25, 0.3) is 0 Å². The minimum atomic E-state index is 0.119. The van der Waals surface area contributed by atoms with Crippen molar-refractivity contribution < 1.29 is 4.79 Å². The molecule has 1 aromatic carbocycles. The van der Waals surface area contributed by atoms with Crippen molar-refractivity contribution in [3.05, 3.63) is 29.8 Å². The summed E-state index contributed by atoms with van der Waals surface area (Å²) in [5, 5.41) is 0. The van der Waals surface area contributed by atoms with Gasteiger partial charge in [0.1, 0.15) is 0 Å². The largest absolute Gasteiger partial charge is 0.378 e. The monoisotopic (exact) mass is 231 g/mol. The number of piperidine rings is 1. The lowest BCUT2D eigenvalue weighted by molar-refractivity contribution is 0.0724. The van der Waals surface area contributed by atoms with E-state index in [-0.39, 0.29) is 5.91 Å². The second kappa shape index (κ2) is 5.21. The first-order valence-electron chi connectivity index (χ1n) is 6.17. The molecule has 0 spiro atoms. The van der Waals surface area contributed by atoms with E-state index in [0.29, 0.717) is 5.56 Å². The molecule has 1 aliphatic heterocycles. The van der Waals surface area contributed by atoms with Crippen LogP contribution in [0.3, 0.4) is 0 Å². The van der Waals surface area contributed by atoms with Crippen LogP contribution in [0, 0.1) is 6.07 Å². The predicted molar refractivity (Wildman–Crippen MR) is 69.4 cm³/mol. The van der Waals surface area contributed by atoms with Crippen molar-refractivity contribution in [1.82, 2.24) is 4.90 Å². The van der Waals surface area contributed by atoms with Crippen LogP contribution in [0.5, 0.6) is 0 Å². The predicted octanol–water partition coefficient (Wildman–Crippen LogP) is 2.18. The van der Waals surface area contributed by atoms with Crippen LogP contribution in [0.1, 0.15) is 29.6 Å². The fourth-order valence-electron chi connectivity index (χ4n) is 2.12. The summed E-state index contributed by atoms with van der Waals surface area (Å²) in [6.07, 6.45) is 3.49. The molecule has 91 valence electrons. The van der Waals surface area contributed by atoms with Crippen LogP contribution in [0.4, 0.5) is 5.69 Å². The number of nitrogens with zero attached hydrogens (tertiary/aromatic N) is 2. The Bertz CT molecular complexity index is 395. The molecule has 17 heavy (non-hydrogen) atoms. The van der Waals surface area contributed by atoms with E-state index >= 15 is 0 Å². The maximum Gasteiger partial charge on any atom is 0.254 e. The Balaban J connectivity index is 2.15. The highest BCUT2D eigenvalue weighted by Gasteiger charge is 2.18. The maximum atomic E-state index is 12.3. The Kier molecular flexibility index (Phi) is 3.67. The van der Waals surface area contributed by atoms with Gasteiger partial charge in [0.2, 0.25) is 0 Å². The molecule has 1 saturated heterocycles. The van der Waals surface area contributed by atoms with Crippen molar-refractivity contribution in [3.63, 3.8) is 0 Å². The second-order valence-electron chi connectivity index (χ2n) is 4.71. The van der Waals surface area contributed by atoms with E-state index in [9.17, 15) is 4.79 Å². The van der Waals surface area contributed by atoms with Crippen molar-refractivity contribution >= 4 is 11.6 Å². The summed E-state index contributed by atoms with van der Waals surface area (Å²) in [6, 6.07) is 8.75. The molecule has 1 heterocycles. The highest BCUT2D eigenvalue weighted by molar-refractivity contribution is 5.94. The second-order valence-corrected chi connectivity index (χ2v) is 4.71. The third kappa shape index (κ3) is 2.78. The molecular weight excluding hydrogens is 212 g/mol. The summed E-state index contributed by atoms with van der Waals surface area (Å²) >= 11 is 0. The summed E-state index contributed by atoms with van der Waals surface area (Å²) in [4.78, 5) is 16.2. The molecule has 0 atom stereocenters. The van der Waals surface area contributed by atoms with Crippen LogP contribution in [-0.4, -0.2) is 38.0 Å². The molecule has 0 saturated carbocycles. The average molecular weight is 231 g/mol. The molecular formula is C14H19N2O. The Hall–Kier alpha value is -1.51. The molecule has 1 aromatic rings. The molecule has 0 aliphatic carbocycles. The third-order valence-electron chi connectivity index (χ3n) is 3.18. The molecule has 0 bridgehead atoms. The zero-order valence-corrected chi connectivity index (χ0v) is 10.6. The van der Waals surface area contributed by atoms with Crippen LogP contribution in [-0.2, 0) is 0 Å². The van der Waals surface area contributed by atoms with Gasteiger partial charge in [0.25, 0.3) is 5.91 Å². The number of hydrogen-bond acceptors (Lipinski definition) is 2. The fraction of sp³-hybridized carbons (Fsp3) is 0.500. The van der Waals surface area contributed by atoms with Crippen LogP contribution < -0.4 is 4.90 Å². The van der Waals surface area contributed by atoms with Gasteiger partial charge < -0.3 is 9.80 Å². The van der Waals surface area contributed by atoms with Gasteiger partial charge in [-0.2, -0.15) is 0 Å². The van der Waals surface area contributed by atoms with E-state index < -0.39 is 0 Å². The number of anilines is 1. The van der Waals surface area contributed by atoms with E-state index in [1.54, 1.807) is 0 Å². The molecule has 0 unspecified atom stereocenters. The van der Waals surface area contributed by atoms with Crippen molar-refractivity contribution in [2.45, 2.75) is 19.3 Å². The average Bonchev–Trinajstić information content (AvgIpc) is 2.39. The Morgan fingerprint density at radius 1 is 1.29 bits per heavy atom. The Morgan fingerprint density at radius 3 is 2.65 bits per heavy atom. The van der Waals surface area contributed by atoms with Gasteiger partial charge >= 0.3 is 0 Å². The zero-order chi connectivity index (χ0) is 12.3. The van der Waals surface area contributed by atoms with Gasteiger partial charge in [-0.25, -0.2) is 0 Å². The van der Waals surface area contributed by atoms with Crippen LogP contribution in [0.2, 0.25) is 0 Å². The first-order valence-corrected chi connectivity index (χ1v) is 6.17. The quantitative estimate of drug-likeness (QED) is 0.779. The normalized spacial score (nSPS) is 15.8. The highest BCUT2D eigenvalue weighted by atomic mass is 16.2. The van der Waals surface area contributed by atoms with E-state index in [1.165, 1.54) is 6.42 Å². The molecule has 1 radical (unpaired) electrons. The minimum Gasteiger partial charge on any atom is -0.378 e. The lowest BCUT2D eigenvalue weighted by Crippen LogP contribution is -2.35. The number of carbonyl (C=O) groups excluding carboxylic acids is 1. The van der Waals surface area contributed by atoms with Crippen LogP contribution in [0.15, 0.2) is 18.2 Å². The molecule has 3 heteroatoms. The third-order valence-corrected chi connectivity index (χ3v) is 3.18. The van der Waals surface area contributed by atoms with Gasteiger partial charge in [0.05, 0.1) is 0 Å². The molecule has 0 aromatic heterocycles. The van der Waals surface area contributed by atoms with E-state index in [4.69, 9.17) is 0 Å². The first kappa shape index (κ1) is 12.0. The maximum absolute atomic E-state index is 12.3. The standard InChI is InChI=1S/C14H19N2O/c1-15(2)13-8-6-7-12(11-13)14(17)16-9-4-3-5-10-16/h6,8,11H,3-5,9-10H2,1-2H3. The SMILES string of the molecule is CN(C)c1cc[c]c(C(=O)N2CCCCC2)c1. The molecule has 2 rings (SSSR count). The Labute approximate surface area is 103 Å². The number of benzene rings is 1. The van der Waals surface area contributed by atoms with Crippen molar-refractivity contribution in [2.75, 3.05) is 32.1 Å². The van der Waals surface area contributed by atoms with Gasteiger partial charge in [0, 0.05) is 38.4 Å². The van der Waals surface area contributed by atoms with Gasteiger partial charge in [-0.3, -0.25) is 4.79 Å². The van der Waals surface area contributed by atoms with Gasteiger partial charge in [-0.05, 0) is 37.5 Å². The van der Waals surface area contributed by atoms with E-state index in [0.717, 1.165) is 31.6 Å². The summed E-state index contributed by atoms with van der Waals surface area (Å²) in [5.74, 6) is 0.119. The molecule has 1 amide bonds. The van der Waals surface area contributed by atoms with Gasteiger partial charge in [-0.15, -0.1) is 0 Å². The van der Waals surface area contributed by atoms with Crippen molar-refractivity contribution in [2.24, 2.45) is 0 Å². The molecule has 1 fully saturated rings. The number of hydrogen-bond donors (Lipinski definition) is 0.